The van der Waals surface area contributed by atoms with E-state index in [-0.39, 0.29) is 11.5 Å². The summed E-state index contributed by atoms with van der Waals surface area (Å²) in [6.07, 6.45) is 10.8. The van der Waals surface area contributed by atoms with E-state index in [1.54, 1.807) is 5.57 Å². The zero-order valence-corrected chi connectivity index (χ0v) is 16.8. The second kappa shape index (κ2) is 6.04. The van der Waals surface area contributed by atoms with Crippen molar-refractivity contribution in [2.75, 3.05) is 11.5 Å². The highest BCUT2D eigenvalue weighted by atomic mass is 32.2. The summed E-state index contributed by atoms with van der Waals surface area (Å²) in [4.78, 5) is 12.7. The lowest BCUT2D eigenvalue weighted by Crippen LogP contribution is -2.54. The normalized spacial score (nSPS) is 48.0. The van der Waals surface area contributed by atoms with Crippen LogP contribution in [-0.2, 0) is 4.79 Å². The average Bonchev–Trinajstić information content (AvgIpc) is 3.20. The average molecular weight is 379 g/mol. The molecule has 1 N–H and O–H groups in total. The van der Waals surface area contributed by atoms with Gasteiger partial charge in [-0.15, -0.1) is 23.5 Å². The van der Waals surface area contributed by atoms with Crippen molar-refractivity contribution >= 4 is 29.3 Å². The number of rotatable bonds is 1. The van der Waals surface area contributed by atoms with E-state index in [2.05, 4.69) is 36.5 Å². The molecule has 3 unspecified atom stereocenters. The topological polar surface area (TPSA) is 37.3 Å². The standard InChI is InChI=1S/C21H30O2S2/c1-2-20-12-17(22)19-14-7-8-21(24-9-10-25-21)11-13(14)3-4-15(19)16(20)5-6-18(20)23/h11,14-17,19,22H,2-10,12H2,1H3/t14?,15?,16?,17-,19+,20+/m1/s1. The van der Waals surface area contributed by atoms with Gasteiger partial charge in [-0.25, -0.2) is 0 Å². The quantitative estimate of drug-likeness (QED) is 0.673. The summed E-state index contributed by atoms with van der Waals surface area (Å²) in [6, 6.07) is 0. The fraction of sp³-hybridized carbons (Fsp3) is 0.857. The Balaban J connectivity index is 1.47. The Labute approximate surface area is 160 Å². The molecule has 1 heterocycles. The van der Waals surface area contributed by atoms with Gasteiger partial charge in [-0.1, -0.05) is 18.6 Å². The minimum atomic E-state index is -0.269. The summed E-state index contributed by atoms with van der Waals surface area (Å²) in [6.45, 7) is 2.18. The smallest absolute Gasteiger partial charge is 0.139 e. The highest BCUT2D eigenvalue weighted by molar-refractivity contribution is 8.21. The second-order valence-corrected chi connectivity index (χ2v) is 12.1. The molecule has 4 aliphatic carbocycles. The summed E-state index contributed by atoms with van der Waals surface area (Å²) in [5, 5.41) is 11.2. The Kier molecular flexibility index (Phi) is 4.15. The molecule has 1 spiro atoms. The first-order chi connectivity index (χ1) is 12.1. The zero-order chi connectivity index (χ0) is 17.2. The molecular weight excluding hydrogens is 348 g/mol. The first-order valence-corrected chi connectivity index (χ1v) is 12.3. The number of fused-ring (bicyclic) bond motifs is 5. The molecule has 4 fully saturated rings. The van der Waals surface area contributed by atoms with Crippen LogP contribution in [0.3, 0.4) is 0 Å². The molecule has 3 saturated carbocycles. The molecule has 2 nitrogen and oxygen atoms in total. The number of carbonyl (C=O) groups is 1. The van der Waals surface area contributed by atoms with E-state index >= 15 is 0 Å². The van der Waals surface area contributed by atoms with Crippen molar-refractivity contribution in [3.63, 3.8) is 0 Å². The summed E-state index contributed by atoms with van der Waals surface area (Å²) in [5.74, 6) is 5.17. The molecular formula is C21H30O2S2. The number of hydrogen-bond donors (Lipinski definition) is 1. The molecule has 1 saturated heterocycles. The number of allylic oxidation sites excluding steroid dienone is 1. The molecule has 0 aromatic heterocycles. The lowest BCUT2D eigenvalue weighted by atomic mass is 9.50. The summed E-state index contributed by atoms with van der Waals surface area (Å²) in [7, 11) is 0. The van der Waals surface area contributed by atoms with Crippen molar-refractivity contribution in [1.29, 1.82) is 0 Å². The van der Waals surface area contributed by atoms with E-state index in [1.807, 2.05) is 0 Å². The maximum atomic E-state index is 12.7. The fourth-order valence-corrected chi connectivity index (χ4v) is 10.5. The SMILES string of the molecule is CC[C@]12C[C@@H](O)[C@H]3C4CCC5(C=C4CCC3C1CCC2=O)SCCS5. The van der Waals surface area contributed by atoms with Crippen molar-refractivity contribution in [1.82, 2.24) is 0 Å². The number of hydrogen-bond acceptors (Lipinski definition) is 4. The van der Waals surface area contributed by atoms with Crippen LogP contribution < -0.4 is 0 Å². The van der Waals surface area contributed by atoms with Gasteiger partial charge in [-0.3, -0.25) is 4.79 Å². The summed E-state index contributed by atoms with van der Waals surface area (Å²) in [5.41, 5.74) is 1.47. The van der Waals surface area contributed by atoms with Crippen molar-refractivity contribution in [3.8, 4) is 0 Å². The molecule has 6 atom stereocenters. The van der Waals surface area contributed by atoms with Gasteiger partial charge >= 0.3 is 0 Å². The molecule has 0 amide bonds. The third-order valence-electron chi connectivity index (χ3n) is 8.30. The number of carbonyl (C=O) groups excluding carboxylic acids is 1. The molecule has 0 bridgehead atoms. The maximum Gasteiger partial charge on any atom is 0.139 e. The van der Waals surface area contributed by atoms with Gasteiger partial charge in [0.2, 0.25) is 0 Å². The van der Waals surface area contributed by atoms with Crippen LogP contribution in [0.2, 0.25) is 0 Å². The van der Waals surface area contributed by atoms with Gasteiger partial charge < -0.3 is 5.11 Å². The third kappa shape index (κ3) is 2.39. The van der Waals surface area contributed by atoms with Gasteiger partial charge in [0.25, 0.3) is 0 Å². The van der Waals surface area contributed by atoms with Gasteiger partial charge in [-0.2, -0.15) is 0 Å². The number of aliphatic hydroxyl groups is 1. The first kappa shape index (κ1) is 17.2. The molecule has 138 valence electrons. The van der Waals surface area contributed by atoms with Crippen LogP contribution >= 0.6 is 23.5 Å². The molecule has 4 heteroatoms. The van der Waals surface area contributed by atoms with E-state index in [4.69, 9.17) is 0 Å². The van der Waals surface area contributed by atoms with Crippen LogP contribution in [0.4, 0.5) is 0 Å². The molecule has 0 radical (unpaired) electrons. The van der Waals surface area contributed by atoms with Crippen LogP contribution in [0, 0.1) is 29.1 Å². The lowest BCUT2D eigenvalue weighted by molar-refractivity contribution is -0.143. The Morgan fingerprint density at radius 1 is 1.20 bits per heavy atom. The molecule has 25 heavy (non-hydrogen) atoms. The van der Waals surface area contributed by atoms with E-state index in [1.165, 1.54) is 37.2 Å². The molecule has 0 aromatic rings. The van der Waals surface area contributed by atoms with Crippen LogP contribution in [-0.4, -0.2) is 32.6 Å². The first-order valence-electron chi connectivity index (χ1n) is 10.3. The predicted molar refractivity (Wildman–Crippen MR) is 106 cm³/mol. The summed E-state index contributed by atoms with van der Waals surface area (Å²) >= 11 is 4.30. The van der Waals surface area contributed by atoms with Gasteiger partial charge in [0, 0.05) is 23.3 Å². The van der Waals surface area contributed by atoms with Crippen LogP contribution in [0.15, 0.2) is 11.6 Å². The van der Waals surface area contributed by atoms with Crippen molar-refractivity contribution in [3.05, 3.63) is 11.6 Å². The third-order valence-corrected chi connectivity index (χ3v) is 11.7. The largest absolute Gasteiger partial charge is 0.393 e. The van der Waals surface area contributed by atoms with E-state index in [0.717, 1.165) is 25.7 Å². The van der Waals surface area contributed by atoms with Crippen LogP contribution in [0.1, 0.15) is 58.3 Å². The number of aliphatic hydroxyl groups excluding tert-OH is 1. The zero-order valence-electron chi connectivity index (χ0n) is 15.2. The lowest BCUT2D eigenvalue weighted by Gasteiger charge is -2.55. The Hall–Kier alpha value is 0.0700. The van der Waals surface area contributed by atoms with Gasteiger partial charge in [0.15, 0.2) is 0 Å². The van der Waals surface area contributed by atoms with Crippen molar-refractivity contribution in [2.24, 2.45) is 29.1 Å². The second-order valence-electron chi connectivity index (χ2n) is 9.00. The van der Waals surface area contributed by atoms with E-state index in [9.17, 15) is 9.90 Å². The summed E-state index contributed by atoms with van der Waals surface area (Å²) < 4.78 is 0.356. The Bertz CT molecular complexity index is 609. The number of thioether (sulfide) groups is 2. The highest BCUT2D eigenvalue weighted by Gasteiger charge is 2.60. The number of ketones is 1. The van der Waals surface area contributed by atoms with Crippen molar-refractivity contribution in [2.45, 2.75) is 68.5 Å². The monoisotopic (exact) mass is 378 g/mol. The van der Waals surface area contributed by atoms with Crippen LogP contribution in [0.5, 0.6) is 0 Å². The molecule has 0 aromatic carbocycles. The molecule has 1 aliphatic heterocycles. The Morgan fingerprint density at radius 3 is 2.76 bits per heavy atom. The highest BCUT2D eigenvalue weighted by Crippen LogP contribution is 2.63. The van der Waals surface area contributed by atoms with Gasteiger partial charge in [-0.05, 0) is 68.6 Å². The fourth-order valence-electron chi connectivity index (χ4n) is 7.27. The Morgan fingerprint density at radius 2 is 2.00 bits per heavy atom. The molecule has 5 rings (SSSR count). The number of Topliss-reactive ketones (excluding diaryl/α,β-unsaturated/α-hetero) is 1. The predicted octanol–water partition coefficient (Wildman–Crippen LogP) is 4.67. The van der Waals surface area contributed by atoms with Gasteiger partial charge in [0.1, 0.15) is 5.78 Å². The van der Waals surface area contributed by atoms with Crippen molar-refractivity contribution < 1.29 is 9.90 Å². The molecule has 5 aliphatic rings. The van der Waals surface area contributed by atoms with Gasteiger partial charge in [0.05, 0.1) is 10.2 Å². The minimum absolute atomic E-state index is 0.186. The minimum Gasteiger partial charge on any atom is -0.393 e. The van der Waals surface area contributed by atoms with Crippen LogP contribution in [0.25, 0.3) is 0 Å². The maximum absolute atomic E-state index is 12.7. The van der Waals surface area contributed by atoms with E-state index in [0.29, 0.717) is 33.5 Å². The van der Waals surface area contributed by atoms with E-state index < -0.39 is 0 Å².